The molecule has 0 aliphatic carbocycles. The number of halogens is 3. The third-order valence-corrected chi connectivity index (χ3v) is 4.37. The van der Waals surface area contributed by atoms with Gasteiger partial charge in [-0.1, -0.05) is 23.2 Å². The molecular formula is C16H9Cl2FN2OS. The zero-order valence-electron chi connectivity index (χ0n) is 11.5. The topological polar surface area (TPSA) is 33.2 Å². The van der Waals surface area contributed by atoms with Crippen LogP contribution in [0.2, 0.25) is 10.0 Å². The molecule has 0 radical (unpaired) electrons. The average molecular weight is 367 g/mol. The van der Waals surface area contributed by atoms with E-state index in [0.29, 0.717) is 26.4 Å². The number of thiazole rings is 1. The molecule has 0 atom stereocenters. The highest BCUT2D eigenvalue weighted by Crippen LogP contribution is 2.36. The summed E-state index contributed by atoms with van der Waals surface area (Å²) in [5.41, 5.74) is 0.737. The Labute approximate surface area is 145 Å². The van der Waals surface area contributed by atoms with Gasteiger partial charge in [-0.3, -0.25) is 9.69 Å². The van der Waals surface area contributed by atoms with Gasteiger partial charge in [0.15, 0.2) is 5.13 Å². The first-order chi connectivity index (χ1) is 11.1. The molecule has 23 heavy (non-hydrogen) atoms. The minimum atomic E-state index is -0.414. The molecule has 7 heteroatoms. The van der Waals surface area contributed by atoms with Gasteiger partial charge in [-0.15, -0.1) is 11.3 Å². The van der Waals surface area contributed by atoms with Crippen LogP contribution < -0.4 is 4.90 Å². The molecule has 116 valence electrons. The lowest BCUT2D eigenvalue weighted by atomic mass is 10.2. The molecule has 1 heterocycles. The molecular weight excluding hydrogens is 358 g/mol. The molecule has 0 fully saturated rings. The van der Waals surface area contributed by atoms with Crippen LogP contribution in [0.3, 0.4) is 0 Å². The number of anilines is 2. The molecule has 0 saturated carbocycles. The standard InChI is InChI=1S/C16H9Cl2FN2OS/c17-11-3-6-13(18)14(9-11)21(16-20-7-8-23-16)15(22)10-1-4-12(19)5-2-10/h1-9H. The summed E-state index contributed by atoms with van der Waals surface area (Å²) >= 11 is 13.5. The van der Waals surface area contributed by atoms with Crippen molar-refractivity contribution in [3.8, 4) is 0 Å². The van der Waals surface area contributed by atoms with Crippen LogP contribution in [0, 0.1) is 5.82 Å². The Kier molecular flexibility index (Phi) is 4.61. The SMILES string of the molecule is O=C(c1ccc(F)cc1)N(c1nccs1)c1cc(Cl)ccc1Cl. The van der Waals surface area contributed by atoms with Gasteiger partial charge in [-0.2, -0.15) is 0 Å². The number of aromatic nitrogens is 1. The maximum atomic E-state index is 13.1. The Morgan fingerprint density at radius 2 is 1.87 bits per heavy atom. The third-order valence-electron chi connectivity index (χ3n) is 3.05. The predicted octanol–water partition coefficient (Wildman–Crippen LogP) is 5.57. The molecule has 3 rings (SSSR count). The van der Waals surface area contributed by atoms with E-state index in [0.717, 1.165) is 0 Å². The van der Waals surface area contributed by atoms with E-state index in [2.05, 4.69) is 4.98 Å². The van der Waals surface area contributed by atoms with Gasteiger partial charge in [0.25, 0.3) is 5.91 Å². The average Bonchev–Trinajstić information content (AvgIpc) is 3.05. The lowest BCUT2D eigenvalue weighted by Crippen LogP contribution is -2.26. The van der Waals surface area contributed by atoms with E-state index in [9.17, 15) is 9.18 Å². The van der Waals surface area contributed by atoms with Crippen molar-refractivity contribution in [1.29, 1.82) is 0 Å². The third kappa shape index (κ3) is 3.37. The van der Waals surface area contributed by atoms with Crippen LogP contribution in [0.4, 0.5) is 15.2 Å². The Morgan fingerprint density at radius 3 is 2.52 bits per heavy atom. The van der Waals surface area contributed by atoms with E-state index in [1.54, 1.807) is 29.8 Å². The molecule has 0 N–H and O–H groups in total. The molecule has 0 aliphatic rings. The number of carbonyl (C=O) groups is 1. The van der Waals surface area contributed by atoms with Crippen molar-refractivity contribution in [1.82, 2.24) is 4.98 Å². The summed E-state index contributed by atoms with van der Waals surface area (Å²) in [6.45, 7) is 0. The molecule has 0 spiro atoms. The zero-order valence-corrected chi connectivity index (χ0v) is 13.9. The summed E-state index contributed by atoms with van der Waals surface area (Å²) in [6.07, 6.45) is 1.59. The van der Waals surface area contributed by atoms with Crippen molar-refractivity contribution < 1.29 is 9.18 Å². The predicted molar refractivity (Wildman–Crippen MR) is 91.4 cm³/mol. The van der Waals surface area contributed by atoms with Gasteiger partial charge in [0.05, 0.1) is 10.7 Å². The molecule has 0 unspecified atom stereocenters. The van der Waals surface area contributed by atoms with Crippen LogP contribution in [0.25, 0.3) is 0 Å². The first-order valence-electron chi connectivity index (χ1n) is 6.51. The summed E-state index contributed by atoms with van der Waals surface area (Å²) in [6, 6.07) is 10.1. The van der Waals surface area contributed by atoms with Crippen LogP contribution in [0.15, 0.2) is 54.0 Å². The molecule has 1 amide bonds. The summed E-state index contributed by atoms with van der Waals surface area (Å²) in [4.78, 5) is 18.4. The number of hydrogen-bond donors (Lipinski definition) is 0. The summed E-state index contributed by atoms with van der Waals surface area (Å²) in [5, 5.41) is 3.00. The molecule has 0 aliphatic heterocycles. The highest BCUT2D eigenvalue weighted by Gasteiger charge is 2.24. The van der Waals surface area contributed by atoms with Crippen LogP contribution in [0.1, 0.15) is 10.4 Å². The van der Waals surface area contributed by atoms with E-state index in [1.165, 1.54) is 40.5 Å². The smallest absolute Gasteiger partial charge is 0.264 e. The van der Waals surface area contributed by atoms with Crippen molar-refractivity contribution in [2.45, 2.75) is 0 Å². The minimum Gasteiger partial charge on any atom is -0.268 e. The van der Waals surface area contributed by atoms with E-state index in [-0.39, 0.29) is 5.91 Å². The second-order valence-corrected chi connectivity index (χ2v) is 6.27. The maximum Gasteiger partial charge on any atom is 0.264 e. The van der Waals surface area contributed by atoms with Gasteiger partial charge in [-0.05, 0) is 42.5 Å². The Morgan fingerprint density at radius 1 is 1.13 bits per heavy atom. The van der Waals surface area contributed by atoms with Crippen LogP contribution in [0.5, 0.6) is 0 Å². The van der Waals surface area contributed by atoms with E-state index < -0.39 is 5.82 Å². The van der Waals surface area contributed by atoms with Crippen molar-refractivity contribution in [3.63, 3.8) is 0 Å². The summed E-state index contributed by atoms with van der Waals surface area (Å²) in [7, 11) is 0. The number of rotatable bonds is 3. The van der Waals surface area contributed by atoms with E-state index in [1.807, 2.05) is 0 Å². The Bertz CT molecular complexity index is 838. The Balaban J connectivity index is 2.11. The summed E-state index contributed by atoms with van der Waals surface area (Å²) in [5.74, 6) is -0.785. The second kappa shape index (κ2) is 6.66. The second-order valence-electron chi connectivity index (χ2n) is 4.56. The van der Waals surface area contributed by atoms with Gasteiger partial charge in [0.1, 0.15) is 5.82 Å². The van der Waals surface area contributed by atoms with Gasteiger partial charge >= 0.3 is 0 Å². The number of benzene rings is 2. The molecule has 0 bridgehead atoms. The van der Waals surface area contributed by atoms with E-state index >= 15 is 0 Å². The monoisotopic (exact) mass is 366 g/mol. The molecule has 3 nitrogen and oxygen atoms in total. The van der Waals surface area contributed by atoms with Crippen molar-refractivity contribution in [3.05, 3.63) is 75.5 Å². The number of carbonyl (C=O) groups excluding carboxylic acids is 1. The molecule has 1 aromatic heterocycles. The van der Waals surface area contributed by atoms with Gasteiger partial charge < -0.3 is 0 Å². The maximum absolute atomic E-state index is 13.1. The normalized spacial score (nSPS) is 10.6. The lowest BCUT2D eigenvalue weighted by Gasteiger charge is -2.21. The van der Waals surface area contributed by atoms with Gasteiger partial charge in [-0.25, -0.2) is 9.37 Å². The molecule has 0 saturated heterocycles. The summed E-state index contributed by atoms with van der Waals surface area (Å²) < 4.78 is 13.1. The van der Waals surface area contributed by atoms with Crippen LogP contribution in [-0.4, -0.2) is 10.9 Å². The fourth-order valence-electron chi connectivity index (χ4n) is 2.00. The molecule has 2 aromatic carbocycles. The number of nitrogens with zero attached hydrogens (tertiary/aromatic N) is 2. The van der Waals surface area contributed by atoms with Gasteiger partial charge in [0, 0.05) is 22.2 Å². The van der Waals surface area contributed by atoms with Crippen molar-refractivity contribution >= 4 is 51.3 Å². The Hall–Kier alpha value is -1.95. The van der Waals surface area contributed by atoms with Crippen molar-refractivity contribution in [2.75, 3.05) is 4.90 Å². The fraction of sp³-hybridized carbons (Fsp3) is 0. The molecule has 3 aromatic rings. The first kappa shape index (κ1) is 15.9. The highest BCUT2D eigenvalue weighted by molar-refractivity contribution is 7.14. The van der Waals surface area contributed by atoms with Gasteiger partial charge in [0.2, 0.25) is 0 Å². The lowest BCUT2D eigenvalue weighted by molar-refractivity contribution is 0.0999. The number of hydrogen-bond acceptors (Lipinski definition) is 3. The number of amides is 1. The highest BCUT2D eigenvalue weighted by atomic mass is 35.5. The quantitative estimate of drug-likeness (QED) is 0.607. The first-order valence-corrected chi connectivity index (χ1v) is 8.14. The largest absolute Gasteiger partial charge is 0.268 e. The minimum absolute atomic E-state index is 0.317. The van der Waals surface area contributed by atoms with Crippen molar-refractivity contribution in [2.24, 2.45) is 0 Å². The fourth-order valence-corrected chi connectivity index (χ4v) is 3.02. The van der Waals surface area contributed by atoms with E-state index in [4.69, 9.17) is 23.2 Å². The van der Waals surface area contributed by atoms with Crippen LogP contribution in [-0.2, 0) is 0 Å². The van der Waals surface area contributed by atoms with Crippen LogP contribution >= 0.6 is 34.5 Å². The zero-order chi connectivity index (χ0) is 16.4.